The molecule has 0 spiro atoms. The van der Waals surface area contributed by atoms with E-state index < -0.39 is 0 Å². The first-order chi connectivity index (χ1) is 8.79. The Bertz CT molecular complexity index is 373. The normalized spacial score (nSPS) is 17.3. The summed E-state index contributed by atoms with van der Waals surface area (Å²) in [6, 6.07) is 2.06. The lowest BCUT2D eigenvalue weighted by Crippen LogP contribution is -2.28. The largest absolute Gasteiger partial charge is 0.356 e. The van der Waals surface area contributed by atoms with Crippen LogP contribution in [0.2, 0.25) is 0 Å². The molecule has 1 aliphatic rings. The number of anilines is 1. The van der Waals surface area contributed by atoms with E-state index in [1.165, 1.54) is 32.1 Å². The molecule has 0 saturated carbocycles. The van der Waals surface area contributed by atoms with Gasteiger partial charge in [0, 0.05) is 25.6 Å². The van der Waals surface area contributed by atoms with E-state index in [4.69, 9.17) is 4.98 Å². The molecule has 100 valence electrons. The second-order valence-electron chi connectivity index (χ2n) is 4.97. The summed E-state index contributed by atoms with van der Waals surface area (Å²) in [6.07, 6.45) is 8.71. The van der Waals surface area contributed by atoms with Crippen molar-refractivity contribution in [3.8, 4) is 0 Å². The standard InChI is InChI=1S/C14H22BrN3/c1-2-8-13-16-12(15)11-14(17-13)18-9-6-4-3-5-7-10-18/h11H,2-10H2,1H3. The quantitative estimate of drug-likeness (QED) is 0.791. The van der Waals surface area contributed by atoms with Crippen molar-refractivity contribution in [1.29, 1.82) is 0 Å². The van der Waals surface area contributed by atoms with Gasteiger partial charge < -0.3 is 4.90 Å². The van der Waals surface area contributed by atoms with Crippen LogP contribution >= 0.6 is 15.9 Å². The summed E-state index contributed by atoms with van der Waals surface area (Å²) in [4.78, 5) is 11.6. The number of halogens is 1. The summed E-state index contributed by atoms with van der Waals surface area (Å²) in [6.45, 7) is 4.43. The van der Waals surface area contributed by atoms with Gasteiger partial charge in [-0.1, -0.05) is 26.2 Å². The molecule has 3 nitrogen and oxygen atoms in total. The molecule has 1 saturated heterocycles. The molecule has 0 N–H and O–H groups in total. The smallest absolute Gasteiger partial charge is 0.133 e. The molecule has 1 fully saturated rings. The van der Waals surface area contributed by atoms with Crippen molar-refractivity contribution in [2.45, 2.75) is 51.9 Å². The topological polar surface area (TPSA) is 29.0 Å². The highest BCUT2D eigenvalue weighted by atomic mass is 79.9. The number of hydrogen-bond donors (Lipinski definition) is 0. The minimum Gasteiger partial charge on any atom is -0.356 e. The second-order valence-corrected chi connectivity index (χ2v) is 5.78. The van der Waals surface area contributed by atoms with Crippen LogP contribution in [-0.4, -0.2) is 23.1 Å². The first-order valence-electron chi connectivity index (χ1n) is 7.08. The lowest BCUT2D eigenvalue weighted by atomic mass is 10.1. The summed E-state index contributed by atoms with van der Waals surface area (Å²) in [5.74, 6) is 2.06. The van der Waals surface area contributed by atoms with E-state index in [1.54, 1.807) is 0 Å². The van der Waals surface area contributed by atoms with Gasteiger partial charge in [0.2, 0.25) is 0 Å². The third kappa shape index (κ3) is 3.94. The molecule has 1 aromatic heterocycles. The Morgan fingerprint density at radius 1 is 1.11 bits per heavy atom. The molecular formula is C14H22BrN3. The average molecular weight is 312 g/mol. The summed E-state index contributed by atoms with van der Waals surface area (Å²) in [5.41, 5.74) is 0. The molecule has 2 rings (SSSR count). The van der Waals surface area contributed by atoms with Crippen molar-refractivity contribution in [3.05, 3.63) is 16.5 Å². The highest BCUT2D eigenvalue weighted by molar-refractivity contribution is 9.10. The van der Waals surface area contributed by atoms with Crippen LogP contribution in [0, 0.1) is 0 Å². The second kappa shape index (κ2) is 7.07. The summed E-state index contributed by atoms with van der Waals surface area (Å²) in [5, 5.41) is 0. The Balaban J connectivity index is 2.14. The van der Waals surface area contributed by atoms with Crippen LogP contribution in [0.5, 0.6) is 0 Å². The zero-order valence-electron chi connectivity index (χ0n) is 11.2. The number of aryl methyl sites for hydroxylation is 1. The zero-order valence-corrected chi connectivity index (χ0v) is 12.7. The first-order valence-corrected chi connectivity index (χ1v) is 7.87. The molecule has 0 amide bonds. The van der Waals surface area contributed by atoms with Gasteiger partial charge in [-0.05, 0) is 35.2 Å². The average Bonchev–Trinajstić information content (AvgIpc) is 2.27. The molecule has 0 bridgehead atoms. The van der Waals surface area contributed by atoms with Crippen molar-refractivity contribution in [2.75, 3.05) is 18.0 Å². The molecular weight excluding hydrogens is 290 g/mol. The van der Waals surface area contributed by atoms with Gasteiger partial charge in [0.1, 0.15) is 16.2 Å². The van der Waals surface area contributed by atoms with E-state index in [9.17, 15) is 0 Å². The highest BCUT2D eigenvalue weighted by Gasteiger charge is 2.12. The van der Waals surface area contributed by atoms with Crippen molar-refractivity contribution < 1.29 is 0 Å². The maximum atomic E-state index is 4.70. The molecule has 18 heavy (non-hydrogen) atoms. The van der Waals surface area contributed by atoms with Gasteiger partial charge in [-0.2, -0.15) is 0 Å². The SMILES string of the molecule is CCCc1nc(Br)cc(N2CCCCCCC2)n1. The fraction of sp³-hybridized carbons (Fsp3) is 0.714. The van der Waals surface area contributed by atoms with E-state index >= 15 is 0 Å². The molecule has 0 aromatic carbocycles. The van der Waals surface area contributed by atoms with E-state index in [2.05, 4.69) is 38.8 Å². The van der Waals surface area contributed by atoms with Gasteiger partial charge in [0.05, 0.1) is 0 Å². The van der Waals surface area contributed by atoms with Crippen LogP contribution < -0.4 is 4.90 Å². The van der Waals surface area contributed by atoms with Gasteiger partial charge >= 0.3 is 0 Å². The molecule has 1 aliphatic heterocycles. The molecule has 0 radical (unpaired) electrons. The fourth-order valence-corrected chi connectivity index (χ4v) is 2.84. The van der Waals surface area contributed by atoms with Crippen LogP contribution in [0.3, 0.4) is 0 Å². The molecule has 2 heterocycles. The zero-order chi connectivity index (χ0) is 12.8. The number of nitrogens with zero attached hydrogens (tertiary/aromatic N) is 3. The van der Waals surface area contributed by atoms with Gasteiger partial charge in [-0.25, -0.2) is 9.97 Å². The van der Waals surface area contributed by atoms with Gasteiger partial charge in [0.25, 0.3) is 0 Å². The van der Waals surface area contributed by atoms with Crippen LogP contribution in [-0.2, 0) is 6.42 Å². The third-order valence-electron chi connectivity index (χ3n) is 3.38. The van der Waals surface area contributed by atoms with E-state index in [0.717, 1.165) is 42.2 Å². The van der Waals surface area contributed by atoms with Crippen molar-refractivity contribution in [2.24, 2.45) is 0 Å². The first kappa shape index (κ1) is 13.8. The van der Waals surface area contributed by atoms with E-state index in [1.807, 2.05) is 0 Å². The predicted octanol–water partition coefficient (Wildman–Crippen LogP) is 3.96. The maximum Gasteiger partial charge on any atom is 0.133 e. The van der Waals surface area contributed by atoms with Gasteiger partial charge in [0.15, 0.2) is 0 Å². The van der Waals surface area contributed by atoms with Crippen molar-refractivity contribution in [3.63, 3.8) is 0 Å². The fourth-order valence-electron chi connectivity index (χ4n) is 2.43. The van der Waals surface area contributed by atoms with Crippen LogP contribution in [0.25, 0.3) is 0 Å². The Morgan fingerprint density at radius 3 is 2.44 bits per heavy atom. The van der Waals surface area contributed by atoms with E-state index in [-0.39, 0.29) is 0 Å². The van der Waals surface area contributed by atoms with Gasteiger partial charge in [-0.15, -0.1) is 0 Å². The van der Waals surface area contributed by atoms with E-state index in [0.29, 0.717) is 0 Å². The molecule has 0 atom stereocenters. The van der Waals surface area contributed by atoms with Crippen molar-refractivity contribution >= 4 is 21.7 Å². The Morgan fingerprint density at radius 2 is 1.78 bits per heavy atom. The van der Waals surface area contributed by atoms with Crippen LogP contribution in [0.4, 0.5) is 5.82 Å². The molecule has 1 aromatic rings. The van der Waals surface area contributed by atoms with Gasteiger partial charge in [-0.3, -0.25) is 0 Å². The Labute approximate surface area is 118 Å². The third-order valence-corrected chi connectivity index (χ3v) is 3.79. The number of hydrogen-bond acceptors (Lipinski definition) is 3. The number of aromatic nitrogens is 2. The molecule has 0 aliphatic carbocycles. The summed E-state index contributed by atoms with van der Waals surface area (Å²) in [7, 11) is 0. The molecule has 0 unspecified atom stereocenters. The maximum absolute atomic E-state index is 4.70. The van der Waals surface area contributed by atoms with Crippen molar-refractivity contribution in [1.82, 2.24) is 9.97 Å². The summed E-state index contributed by atoms with van der Waals surface area (Å²) < 4.78 is 0.915. The number of rotatable bonds is 3. The Kier molecular flexibility index (Phi) is 5.42. The minimum atomic E-state index is 0.915. The predicted molar refractivity (Wildman–Crippen MR) is 79.0 cm³/mol. The highest BCUT2D eigenvalue weighted by Crippen LogP contribution is 2.20. The van der Waals surface area contributed by atoms with Crippen LogP contribution in [0.15, 0.2) is 10.7 Å². The molecule has 4 heteroatoms. The summed E-state index contributed by atoms with van der Waals surface area (Å²) >= 11 is 3.51. The Hall–Kier alpha value is -0.640. The monoisotopic (exact) mass is 311 g/mol. The minimum absolute atomic E-state index is 0.915. The van der Waals surface area contributed by atoms with Crippen LogP contribution in [0.1, 0.15) is 51.3 Å². The lowest BCUT2D eigenvalue weighted by Gasteiger charge is -2.26. The lowest BCUT2D eigenvalue weighted by molar-refractivity contribution is 0.552.